The summed E-state index contributed by atoms with van der Waals surface area (Å²) in [7, 11) is 0. The lowest BCUT2D eigenvalue weighted by atomic mass is 10.1. The van der Waals surface area contributed by atoms with Crippen LogP contribution < -0.4 is 11.1 Å². The van der Waals surface area contributed by atoms with Gasteiger partial charge in [-0.2, -0.15) is 5.10 Å². The first-order chi connectivity index (χ1) is 10.2. The van der Waals surface area contributed by atoms with Gasteiger partial charge in [-0.05, 0) is 23.6 Å². The first kappa shape index (κ1) is 13.6. The molecule has 4 N–H and O–H groups in total. The zero-order valence-corrected chi connectivity index (χ0v) is 11.6. The number of nitrogens with two attached hydrogens (primary N) is 1. The molecule has 0 saturated carbocycles. The first-order valence-electron chi connectivity index (χ1n) is 7.02. The summed E-state index contributed by atoms with van der Waals surface area (Å²) in [6.45, 7) is 0.529. The van der Waals surface area contributed by atoms with Gasteiger partial charge in [-0.25, -0.2) is 0 Å². The number of nitrogens with one attached hydrogen (secondary N) is 2. The molecule has 1 heterocycles. The third kappa shape index (κ3) is 3.20. The molecule has 1 amide bonds. The lowest BCUT2D eigenvalue weighted by Crippen LogP contribution is -2.30. The van der Waals surface area contributed by atoms with Crippen LogP contribution in [0.4, 0.5) is 0 Å². The van der Waals surface area contributed by atoms with E-state index >= 15 is 0 Å². The fourth-order valence-electron chi connectivity index (χ4n) is 2.46. The van der Waals surface area contributed by atoms with Crippen molar-refractivity contribution in [3.8, 4) is 11.3 Å². The molecule has 5 heteroatoms. The largest absolute Gasteiger partial charge is 0.352 e. The van der Waals surface area contributed by atoms with Gasteiger partial charge in [0, 0.05) is 18.8 Å². The maximum atomic E-state index is 12.0. The lowest BCUT2D eigenvalue weighted by molar-refractivity contribution is -0.123. The quantitative estimate of drug-likeness (QED) is 0.745. The van der Waals surface area contributed by atoms with E-state index < -0.39 is 0 Å². The number of aromatic nitrogens is 2. The Morgan fingerprint density at radius 3 is 2.71 bits per heavy atom. The Balaban J connectivity index is 1.56. The number of hydrogen-bond acceptors (Lipinski definition) is 3. The number of H-pyrrole nitrogens is 1. The Hall–Kier alpha value is -2.40. The van der Waals surface area contributed by atoms with E-state index in [4.69, 9.17) is 5.73 Å². The summed E-state index contributed by atoms with van der Waals surface area (Å²) in [6, 6.07) is 9.97. The number of benzene rings is 1. The monoisotopic (exact) mass is 282 g/mol. The van der Waals surface area contributed by atoms with Crippen LogP contribution in [0, 0.1) is 5.92 Å². The number of rotatable bonds is 4. The summed E-state index contributed by atoms with van der Waals surface area (Å²) in [5, 5.41) is 9.81. The maximum absolute atomic E-state index is 12.0. The summed E-state index contributed by atoms with van der Waals surface area (Å²) in [5.74, 6) is -0.0545. The molecule has 1 aliphatic rings. The maximum Gasteiger partial charge on any atom is 0.227 e. The molecule has 0 bridgehead atoms. The van der Waals surface area contributed by atoms with Gasteiger partial charge in [-0.3, -0.25) is 9.89 Å². The number of hydrogen-bond donors (Lipinski definition) is 3. The van der Waals surface area contributed by atoms with Crippen molar-refractivity contribution < 1.29 is 4.79 Å². The van der Waals surface area contributed by atoms with Gasteiger partial charge < -0.3 is 11.1 Å². The van der Waals surface area contributed by atoms with Gasteiger partial charge in [0.15, 0.2) is 0 Å². The minimum Gasteiger partial charge on any atom is -0.352 e. The predicted molar refractivity (Wildman–Crippen MR) is 81.1 cm³/mol. The van der Waals surface area contributed by atoms with Crippen LogP contribution in [-0.2, 0) is 11.3 Å². The summed E-state index contributed by atoms with van der Waals surface area (Å²) in [5.41, 5.74) is 8.88. The second-order valence-electron chi connectivity index (χ2n) is 5.28. The molecule has 3 rings (SSSR count). The number of carbonyl (C=O) groups is 1. The Morgan fingerprint density at radius 2 is 2.10 bits per heavy atom. The smallest absolute Gasteiger partial charge is 0.227 e. The van der Waals surface area contributed by atoms with E-state index in [0.717, 1.165) is 16.8 Å². The van der Waals surface area contributed by atoms with E-state index in [2.05, 4.69) is 15.5 Å². The van der Waals surface area contributed by atoms with Crippen LogP contribution in [0.15, 0.2) is 48.7 Å². The van der Waals surface area contributed by atoms with Gasteiger partial charge in [-0.15, -0.1) is 0 Å². The van der Waals surface area contributed by atoms with Crippen LogP contribution in [0.5, 0.6) is 0 Å². The molecule has 2 aromatic rings. The molecular formula is C16H18N4O. The molecular weight excluding hydrogens is 264 g/mol. The van der Waals surface area contributed by atoms with E-state index in [1.54, 1.807) is 6.20 Å². The van der Waals surface area contributed by atoms with E-state index in [0.29, 0.717) is 13.0 Å². The minimum atomic E-state index is -0.0933. The molecule has 5 nitrogen and oxygen atoms in total. The number of nitrogens with zero attached hydrogens (tertiary/aromatic N) is 1. The highest BCUT2D eigenvalue weighted by molar-refractivity contribution is 5.81. The Morgan fingerprint density at radius 1 is 1.29 bits per heavy atom. The van der Waals surface area contributed by atoms with Gasteiger partial charge >= 0.3 is 0 Å². The van der Waals surface area contributed by atoms with Gasteiger partial charge in [0.25, 0.3) is 0 Å². The van der Waals surface area contributed by atoms with Crippen LogP contribution in [0.1, 0.15) is 12.0 Å². The molecule has 21 heavy (non-hydrogen) atoms. The molecule has 0 spiro atoms. The van der Waals surface area contributed by atoms with E-state index in [9.17, 15) is 4.79 Å². The second kappa shape index (κ2) is 5.93. The highest BCUT2D eigenvalue weighted by atomic mass is 16.1. The normalized spacial score (nSPS) is 20.6. The molecule has 0 radical (unpaired) electrons. The van der Waals surface area contributed by atoms with Crippen molar-refractivity contribution in [1.82, 2.24) is 15.5 Å². The molecule has 108 valence electrons. The highest BCUT2D eigenvalue weighted by Gasteiger charge is 2.22. The van der Waals surface area contributed by atoms with Crippen molar-refractivity contribution in [2.24, 2.45) is 11.7 Å². The summed E-state index contributed by atoms with van der Waals surface area (Å²) >= 11 is 0. The van der Waals surface area contributed by atoms with Gasteiger partial charge in [0.1, 0.15) is 0 Å². The zero-order valence-electron chi connectivity index (χ0n) is 11.6. The van der Waals surface area contributed by atoms with E-state index in [1.807, 2.05) is 42.5 Å². The number of carbonyl (C=O) groups excluding carboxylic acids is 1. The van der Waals surface area contributed by atoms with Crippen LogP contribution >= 0.6 is 0 Å². The Bertz CT molecular complexity index is 631. The van der Waals surface area contributed by atoms with Crippen LogP contribution in [0.3, 0.4) is 0 Å². The highest BCUT2D eigenvalue weighted by Crippen LogP contribution is 2.18. The van der Waals surface area contributed by atoms with Crippen molar-refractivity contribution in [1.29, 1.82) is 0 Å². The Kier molecular flexibility index (Phi) is 3.83. The summed E-state index contributed by atoms with van der Waals surface area (Å²) < 4.78 is 0. The standard InChI is InChI=1S/C16H18N4O/c17-14-6-5-13(9-14)16(21)18-10-11-1-3-12(4-2-11)15-7-8-19-20-15/h1-8,13-14H,9-10,17H2,(H,18,21)(H,19,20). The molecule has 2 unspecified atom stereocenters. The fourth-order valence-corrected chi connectivity index (χ4v) is 2.46. The second-order valence-corrected chi connectivity index (χ2v) is 5.28. The van der Waals surface area contributed by atoms with E-state index in [-0.39, 0.29) is 17.9 Å². The van der Waals surface area contributed by atoms with Crippen molar-refractivity contribution >= 4 is 5.91 Å². The van der Waals surface area contributed by atoms with E-state index in [1.165, 1.54) is 0 Å². The molecule has 0 aliphatic heterocycles. The summed E-state index contributed by atoms with van der Waals surface area (Å²) in [6.07, 6.45) is 6.21. The molecule has 0 saturated heterocycles. The molecule has 0 fully saturated rings. The fraction of sp³-hybridized carbons (Fsp3) is 0.250. The molecule has 1 aromatic carbocycles. The van der Waals surface area contributed by atoms with Crippen molar-refractivity contribution in [3.63, 3.8) is 0 Å². The van der Waals surface area contributed by atoms with Crippen LogP contribution in [0.2, 0.25) is 0 Å². The van der Waals surface area contributed by atoms with Crippen LogP contribution in [-0.4, -0.2) is 22.1 Å². The number of aromatic amines is 1. The van der Waals surface area contributed by atoms with Gasteiger partial charge in [-0.1, -0.05) is 36.4 Å². The molecule has 2 atom stereocenters. The summed E-state index contributed by atoms with van der Waals surface area (Å²) in [4.78, 5) is 12.0. The zero-order chi connectivity index (χ0) is 14.7. The number of amides is 1. The first-order valence-corrected chi connectivity index (χ1v) is 7.02. The molecule has 1 aliphatic carbocycles. The third-order valence-electron chi connectivity index (χ3n) is 3.69. The topological polar surface area (TPSA) is 83.8 Å². The van der Waals surface area contributed by atoms with Crippen LogP contribution in [0.25, 0.3) is 11.3 Å². The molecule has 1 aromatic heterocycles. The average Bonchev–Trinajstić information content (AvgIpc) is 3.16. The lowest BCUT2D eigenvalue weighted by Gasteiger charge is -2.10. The van der Waals surface area contributed by atoms with Gasteiger partial charge in [0.05, 0.1) is 11.6 Å². The Labute approximate surface area is 123 Å². The minimum absolute atomic E-state index is 0.00874. The SMILES string of the molecule is NC1C=CC(C(=O)NCc2ccc(-c3ccn[nH]3)cc2)C1. The average molecular weight is 282 g/mol. The van der Waals surface area contributed by atoms with Crippen molar-refractivity contribution in [2.75, 3.05) is 0 Å². The van der Waals surface area contributed by atoms with Crippen molar-refractivity contribution in [3.05, 3.63) is 54.2 Å². The van der Waals surface area contributed by atoms with Gasteiger partial charge in [0.2, 0.25) is 5.91 Å². The third-order valence-corrected chi connectivity index (χ3v) is 3.69. The predicted octanol–water partition coefficient (Wildman–Crippen LogP) is 1.60. The van der Waals surface area contributed by atoms with Crippen molar-refractivity contribution in [2.45, 2.75) is 19.0 Å².